The second-order valence-electron chi connectivity index (χ2n) is 11.0. The average Bonchev–Trinajstić information content (AvgIpc) is 2.97. The minimum absolute atomic E-state index is 0.0777. The third-order valence-corrected chi connectivity index (χ3v) is 8.40. The highest BCUT2D eigenvalue weighted by atomic mass is 19.1. The van der Waals surface area contributed by atoms with E-state index in [4.69, 9.17) is 9.47 Å². The maximum atomic E-state index is 14.7. The first-order valence-electron chi connectivity index (χ1n) is 14.2. The van der Waals surface area contributed by atoms with Crippen molar-refractivity contribution < 1.29 is 18.7 Å². The number of ether oxygens (including phenoxy) is 2. The number of amides is 1. The molecule has 2 heterocycles. The quantitative estimate of drug-likeness (QED) is 0.393. The number of rotatable bonds is 4. The van der Waals surface area contributed by atoms with Crippen molar-refractivity contribution in [2.45, 2.75) is 45.1 Å². The molecule has 5 nitrogen and oxygen atoms in total. The Morgan fingerprint density at radius 1 is 0.923 bits per heavy atom. The number of methoxy groups -OCH3 is 1. The van der Waals surface area contributed by atoms with Gasteiger partial charge in [-0.15, -0.1) is 0 Å². The molecule has 0 bridgehead atoms. The number of benzene rings is 3. The van der Waals surface area contributed by atoms with Crippen LogP contribution in [0.4, 0.5) is 4.39 Å². The van der Waals surface area contributed by atoms with E-state index in [2.05, 4.69) is 23.1 Å². The van der Waals surface area contributed by atoms with Crippen molar-refractivity contribution in [2.24, 2.45) is 5.41 Å². The molecule has 1 saturated heterocycles. The second kappa shape index (κ2) is 12.6. The summed E-state index contributed by atoms with van der Waals surface area (Å²) in [7, 11) is 1.63. The molecular weight excluding hydrogens is 491 g/mol. The highest BCUT2D eigenvalue weighted by Gasteiger charge is 2.37. The summed E-state index contributed by atoms with van der Waals surface area (Å²) in [4.78, 5) is 17.6. The fraction of sp³-hybridized carbons (Fsp3) is 0.424. The van der Waals surface area contributed by atoms with Gasteiger partial charge in [-0.25, -0.2) is 4.39 Å². The first kappa shape index (κ1) is 27.2. The Morgan fingerprint density at radius 2 is 1.67 bits per heavy atom. The Morgan fingerprint density at radius 3 is 2.44 bits per heavy atom. The van der Waals surface area contributed by atoms with Crippen molar-refractivity contribution >= 4 is 5.91 Å². The van der Waals surface area contributed by atoms with E-state index in [1.807, 2.05) is 47.4 Å². The number of piperidine rings is 1. The lowest BCUT2D eigenvalue weighted by Crippen LogP contribution is -2.48. The normalized spacial score (nSPS) is 18.4. The van der Waals surface area contributed by atoms with Crippen LogP contribution < -0.4 is 9.47 Å². The number of hydrogen-bond donors (Lipinski definition) is 0. The zero-order valence-corrected chi connectivity index (χ0v) is 22.9. The molecule has 206 valence electrons. The van der Waals surface area contributed by atoms with Crippen LogP contribution in [0.15, 0.2) is 72.8 Å². The minimum Gasteiger partial charge on any atom is -0.497 e. The summed E-state index contributed by atoms with van der Waals surface area (Å²) in [5.41, 5.74) is 2.75. The fourth-order valence-electron chi connectivity index (χ4n) is 6.09. The van der Waals surface area contributed by atoms with Gasteiger partial charge in [0.25, 0.3) is 5.91 Å². The van der Waals surface area contributed by atoms with Gasteiger partial charge in [0.05, 0.1) is 7.11 Å². The molecule has 0 saturated carbocycles. The zero-order chi connectivity index (χ0) is 27.1. The van der Waals surface area contributed by atoms with E-state index in [-0.39, 0.29) is 17.1 Å². The Balaban J connectivity index is 1.33. The SMILES string of the molecule is COc1ccc(C(=O)N2CCC3(CCCCc4ccccc4OCCN(Cc4ccccc4F)C3)CC2)cc1. The van der Waals surface area contributed by atoms with Gasteiger partial charge in [-0.05, 0) is 79.5 Å². The van der Waals surface area contributed by atoms with Gasteiger partial charge in [0.15, 0.2) is 0 Å². The summed E-state index contributed by atoms with van der Waals surface area (Å²) in [6.45, 7) is 4.17. The molecule has 2 aliphatic heterocycles. The molecule has 0 radical (unpaired) electrons. The second-order valence-corrected chi connectivity index (χ2v) is 11.0. The Hall–Kier alpha value is -3.38. The van der Waals surface area contributed by atoms with Crippen molar-refractivity contribution in [3.63, 3.8) is 0 Å². The number of likely N-dealkylation sites (tertiary alicyclic amines) is 1. The summed E-state index contributed by atoms with van der Waals surface area (Å²) in [6.07, 6.45) is 6.22. The molecule has 0 N–H and O–H groups in total. The minimum atomic E-state index is -0.163. The molecule has 6 heteroatoms. The third kappa shape index (κ3) is 6.80. The van der Waals surface area contributed by atoms with E-state index in [9.17, 15) is 9.18 Å². The monoisotopic (exact) mass is 530 g/mol. The van der Waals surface area contributed by atoms with Crippen LogP contribution in [0.2, 0.25) is 0 Å². The van der Waals surface area contributed by atoms with Gasteiger partial charge in [0, 0.05) is 43.9 Å². The molecule has 3 aromatic carbocycles. The number of fused-ring (bicyclic) bond motifs is 1. The van der Waals surface area contributed by atoms with Crippen LogP contribution >= 0.6 is 0 Å². The molecule has 39 heavy (non-hydrogen) atoms. The molecule has 0 atom stereocenters. The summed E-state index contributed by atoms with van der Waals surface area (Å²) in [5.74, 6) is 1.63. The molecular formula is C33H39FN2O3. The molecule has 2 aliphatic rings. The molecule has 0 aromatic heterocycles. The van der Waals surface area contributed by atoms with Crippen LogP contribution in [0.1, 0.15) is 53.6 Å². The largest absolute Gasteiger partial charge is 0.497 e. The smallest absolute Gasteiger partial charge is 0.253 e. The van der Waals surface area contributed by atoms with Gasteiger partial charge in [0.1, 0.15) is 23.9 Å². The molecule has 0 unspecified atom stereocenters. The van der Waals surface area contributed by atoms with E-state index < -0.39 is 0 Å². The lowest BCUT2D eigenvalue weighted by Gasteiger charge is -2.45. The highest BCUT2D eigenvalue weighted by Crippen LogP contribution is 2.39. The Labute approximate surface area is 231 Å². The molecule has 1 fully saturated rings. The fourth-order valence-corrected chi connectivity index (χ4v) is 6.09. The van der Waals surface area contributed by atoms with Gasteiger partial charge in [0.2, 0.25) is 0 Å². The van der Waals surface area contributed by atoms with Crippen molar-refractivity contribution in [3.05, 3.63) is 95.3 Å². The average molecular weight is 531 g/mol. The molecule has 3 aromatic rings. The summed E-state index contributed by atoms with van der Waals surface area (Å²) >= 11 is 0. The molecule has 1 amide bonds. The van der Waals surface area contributed by atoms with Gasteiger partial charge >= 0.3 is 0 Å². The van der Waals surface area contributed by atoms with E-state index in [1.165, 1.54) is 11.6 Å². The third-order valence-electron chi connectivity index (χ3n) is 8.40. The maximum Gasteiger partial charge on any atom is 0.253 e. The number of aryl methyl sites for hydroxylation is 1. The Kier molecular flexibility index (Phi) is 8.82. The van der Waals surface area contributed by atoms with Gasteiger partial charge < -0.3 is 14.4 Å². The predicted octanol–water partition coefficient (Wildman–Crippen LogP) is 6.36. The van der Waals surface area contributed by atoms with Crippen LogP contribution in [0, 0.1) is 11.2 Å². The number of para-hydroxylation sites is 1. The summed E-state index contributed by atoms with van der Waals surface area (Å²) in [5, 5.41) is 0. The van der Waals surface area contributed by atoms with Crippen LogP contribution in [0.3, 0.4) is 0 Å². The van der Waals surface area contributed by atoms with E-state index in [1.54, 1.807) is 13.2 Å². The first-order valence-corrected chi connectivity index (χ1v) is 14.2. The standard InChI is InChI=1S/C33H39FN2O3/c1-38-29-15-13-27(14-16-29)32(37)36-20-18-33(19-21-36)17-7-6-9-26-8-3-5-12-31(26)39-23-22-35(25-33)24-28-10-2-4-11-30(28)34/h2-5,8,10-16H,6-7,9,17-25H2,1H3. The Bertz CT molecular complexity index is 1240. The number of hydrogen-bond acceptors (Lipinski definition) is 4. The molecule has 1 spiro atoms. The lowest BCUT2D eigenvalue weighted by atomic mass is 9.73. The van der Waals surface area contributed by atoms with Gasteiger partial charge in [-0.1, -0.05) is 42.8 Å². The highest BCUT2D eigenvalue weighted by molar-refractivity contribution is 5.94. The zero-order valence-electron chi connectivity index (χ0n) is 22.9. The van der Waals surface area contributed by atoms with Crippen molar-refractivity contribution in [1.82, 2.24) is 9.80 Å². The van der Waals surface area contributed by atoms with Gasteiger partial charge in [-0.3, -0.25) is 9.69 Å². The lowest BCUT2D eigenvalue weighted by molar-refractivity contribution is 0.0359. The van der Waals surface area contributed by atoms with E-state index in [0.717, 1.165) is 76.2 Å². The summed E-state index contributed by atoms with van der Waals surface area (Å²) < 4.78 is 26.2. The van der Waals surface area contributed by atoms with Crippen molar-refractivity contribution in [2.75, 3.05) is 39.9 Å². The van der Waals surface area contributed by atoms with E-state index >= 15 is 0 Å². The van der Waals surface area contributed by atoms with E-state index in [0.29, 0.717) is 24.3 Å². The summed E-state index contributed by atoms with van der Waals surface area (Å²) in [6, 6.07) is 22.8. The number of carbonyl (C=O) groups is 1. The predicted molar refractivity (Wildman–Crippen MR) is 152 cm³/mol. The van der Waals surface area contributed by atoms with Crippen molar-refractivity contribution in [1.29, 1.82) is 0 Å². The maximum absolute atomic E-state index is 14.7. The van der Waals surface area contributed by atoms with Gasteiger partial charge in [-0.2, -0.15) is 0 Å². The number of halogens is 1. The van der Waals surface area contributed by atoms with Crippen molar-refractivity contribution in [3.8, 4) is 11.5 Å². The number of carbonyl (C=O) groups excluding carboxylic acids is 1. The van der Waals surface area contributed by atoms with Crippen LogP contribution in [0.25, 0.3) is 0 Å². The van der Waals surface area contributed by atoms with Crippen LogP contribution in [-0.4, -0.2) is 55.6 Å². The molecule has 0 aliphatic carbocycles. The van der Waals surface area contributed by atoms with Crippen LogP contribution in [0.5, 0.6) is 11.5 Å². The first-order chi connectivity index (χ1) is 19.0. The molecule has 5 rings (SSSR count). The number of nitrogens with zero attached hydrogens (tertiary/aromatic N) is 2. The van der Waals surface area contributed by atoms with Crippen LogP contribution in [-0.2, 0) is 13.0 Å². The topological polar surface area (TPSA) is 42.0 Å².